The molecule has 0 spiro atoms. The summed E-state index contributed by atoms with van der Waals surface area (Å²) < 4.78 is 1.62. The molecular formula is C16H20N4O. The van der Waals surface area contributed by atoms with E-state index in [1.165, 1.54) is 11.1 Å². The molecule has 2 N–H and O–H groups in total. The number of carbonyl (C=O) groups excluding carboxylic acids is 1. The Morgan fingerprint density at radius 3 is 3.05 bits per heavy atom. The number of benzene rings is 1. The van der Waals surface area contributed by atoms with Crippen molar-refractivity contribution in [1.82, 2.24) is 20.4 Å². The molecular weight excluding hydrogens is 264 g/mol. The van der Waals surface area contributed by atoms with Crippen LogP contribution in [0.15, 0.2) is 30.3 Å². The van der Waals surface area contributed by atoms with Gasteiger partial charge in [0.25, 0.3) is 5.91 Å². The van der Waals surface area contributed by atoms with Crippen LogP contribution in [0.1, 0.15) is 33.4 Å². The molecule has 0 aliphatic carbocycles. The van der Waals surface area contributed by atoms with Crippen LogP contribution in [0.2, 0.25) is 0 Å². The molecule has 1 amide bonds. The fourth-order valence-corrected chi connectivity index (χ4v) is 2.88. The van der Waals surface area contributed by atoms with Gasteiger partial charge in [-0.05, 0) is 37.1 Å². The summed E-state index contributed by atoms with van der Waals surface area (Å²) in [4.78, 5) is 12.2. The molecule has 0 bridgehead atoms. The largest absolute Gasteiger partial charge is 0.349 e. The molecule has 3 rings (SSSR count). The summed E-state index contributed by atoms with van der Waals surface area (Å²) in [6, 6.07) is 10.4. The first-order valence-electron chi connectivity index (χ1n) is 7.25. The maximum absolute atomic E-state index is 12.2. The maximum atomic E-state index is 12.2. The Labute approximate surface area is 124 Å². The maximum Gasteiger partial charge on any atom is 0.269 e. The molecule has 2 aromatic rings. The van der Waals surface area contributed by atoms with Gasteiger partial charge in [0.05, 0.1) is 5.69 Å². The van der Waals surface area contributed by atoms with Crippen LogP contribution in [0.3, 0.4) is 0 Å². The van der Waals surface area contributed by atoms with E-state index < -0.39 is 0 Å². The summed E-state index contributed by atoms with van der Waals surface area (Å²) >= 11 is 0. The molecule has 0 saturated heterocycles. The Hall–Kier alpha value is -2.14. The van der Waals surface area contributed by atoms with Crippen LogP contribution in [0.25, 0.3) is 0 Å². The van der Waals surface area contributed by atoms with Gasteiger partial charge < -0.3 is 10.6 Å². The molecule has 21 heavy (non-hydrogen) atoms. The summed E-state index contributed by atoms with van der Waals surface area (Å²) in [7, 11) is 1.79. The van der Waals surface area contributed by atoms with Gasteiger partial charge in [-0.2, -0.15) is 5.10 Å². The molecule has 0 radical (unpaired) electrons. The van der Waals surface area contributed by atoms with E-state index in [-0.39, 0.29) is 11.9 Å². The van der Waals surface area contributed by atoms with Gasteiger partial charge in [-0.15, -0.1) is 0 Å². The van der Waals surface area contributed by atoms with Crippen LogP contribution in [-0.4, -0.2) is 28.8 Å². The third kappa shape index (κ3) is 2.83. The van der Waals surface area contributed by atoms with Gasteiger partial charge in [0.15, 0.2) is 0 Å². The predicted molar refractivity (Wildman–Crippen MR) is 81.2 cm³/mol. The molecule has 1 unspecified atom stereocenters. The number of aromatic nitrogens is 2. The number of carbonyl (C=O) groups is 1. The number of hydrogen-bond donors (Lipinski definition) is 2. The average Bonchev–Trinajstić information content (AvgIpc) is 2.83. The summed E-state index contributed by atoms with van der Waals surface area (Å²) in [6.45, 7) is 3.41. The number of aryl methyl sites for hydroxylation is 2. The zero-order valence-electron chi connectivity index (χ0n) is 12.4. The smallest absolute Gasteiger partial charge is 0.269 e. The van der Waals surface area contributed by atoms with E-state index >= 15 is 0 Å². The van der Waals surface area contributed by atoms with Gasteiger partial charge >= 0.3 is 0 Å². The van der Waals surface area contributed by atoms with Crippen LogP contribution in [0.4, 0.5) is 0 Å². The van der Waals surface area contributed by atoms with E-state index in [4.69, 9.17) is 0 Å². The minimum absolute atomic E-state index is 0.0806. The second kappa shape index (κ2) is 5.69. The Morgan fingerprint density at radius 1 is 1.48 bits per heavy atom. The number of amides is 1. The van der Waals surface area contributed by atoms with E-state index in [9.17, 15) is 4.79 Å². The van der Waals surface area contributed by atoms with Gasteiger partial charge in [-0.25, -0.2) is 0 Å². The molecule has 2 heterocycles. The van der Waals surface area contributed by atoms with Crippen molar-refractivity contribution in [3.8, 4) is 0 Å². The molecule has 1 atom stereocenters. The highest BCUT2D eigenvalue weighted by molar-refractivity contribution is 5.92. The van der Waals surface area contributed by atoms with E-state index in [2.05, 4.69) is 33.9 Å². The Balaban J connectivity index is 1.69. The average molecular weight is 284 g/mol. The van der Waals surface area contributed by atoms with Crippen molar-refractivity contribution in [2.24, 2.45) is 7.05 Å². The lowest BCUT2D eigenvalue weighted by atomic mass is 9.94. The van der Waals surface area contributed by atoms with Crippen LogP contribution in [0.5, 0.6) is 0 Å². The monoisotopic (exact) mass is 284 g/mol. The van der Waals surface area contributed by atoms with Gasteiger partial charge in [-0.3, -0.25) is 9.48 Å². The minimum atomic E-state index is -0.0806. The van der Waals surface area contributed by atoms with Crippen molar-refractivity contribution in [3.05, 3.63) is 52.8 Å². The van der Waals surface area contributed by atoms with E-state index in [1.54, 1.807) is 17.8 Å². The molecule has 1 aliphatic heterocycles. The zero-order chi connectivity index (χ0) is 14.8. The van der Waals surface area contributed by atoms with Crippen molar-refractivity contribution in [2.45, 2.75) is 19.4 Å². The van der Waals surface area contributed by atoms with Crippen LogP contribution < -0.4 is 10.6 Å². The van der Waals surface area contributed by atoms with Gasteiger partial charge in [0.1, 0.15) is 5.69 Å². The molecule has 5 heteroatoms. The summed E-state index contributed by atoms with van der Waals surface area (Å²) in [5.41, 5.74) is 4.09. The van der Waals surface area contributed by atoms with Crippen LogP contribution in [0, 0.1) is 6.92 Å². The van der Waals surface area contributed by atoms with E-state index in [1.807, 2.05) is 13.0 Å². The topological polar surface area (TPSA) is 59.0 Å². The van der Waals surface area contributed by atoms with Gasteiger partial charge in [0.2, 0.25) is 0 Å². The van der Waals surface area contributed by atoms with E-state index in [0.717, 1.165) is 18.7 Å². The Bertz CT molecular complexity index is 662. The van der Waals surface area contributed by atoms with Crippen molar-refractivity contribution >= 4 is 5.91 Å². The predicted octanol–water partition coefficient (Wildman–Crippen LogP) is 1.35. The lowest BCUT2D eigenvalue weighted by Crippen LogP contribution is -2.39. The van der Waals surface area contributed by atoms with Crippen LogP contribution in [-0.2, 0) is 13.5 Å². The first-order valence-corrected chi connectivity index (χ1v) is 7.25. The molecule has 1 aromatic heterocycles. The lowest BCUT2D eigenvalue weighted by Gasteiger charge is -2.27. The van der Waals surface area contributed by atoms with Crippen molar-refractivity contribution in [1.29, 1.82) is 0 Å². The van der Waals surface area contributed by atoms with Crippen molar-refractivity contribution in [2.75, 3.05) is 13.1 Å². The fraction of sp³-hybridized carbons (Fsp3) is 0.375. The van der Waals surface area contributed by atoms with Gasteiger partial charge in [-0.1, -0.05) is 24.3 Å². The summed E-state index contributed by atoms with van der Waals surface area (Å²) in [5, 5.41) is 10.7. The minimum Gasteiger partial charge on any atom is -0.349 e. The molecule has 1 aliphatic rings. The highest BCUT2D eigenvalue weighted by Gasteiger charge is 2.20. The molecule has 110 valence electrons. The second-order valence-electron chi connectivity index (χ2n) is 5.46. The number of nitrogens with one attached hydrogen (secondary N) is 2. The van der Waals surface area contributed by atoms with Crippen molar-refractivity contribution in [3.63, 3.8) is 0 Å². The molecule has 1 aromatic carbocycles. The summed E-state index contributed by atoms with van der Waals surface area (Å²) in [5.74, 6) is -0.0806. The number of hydrogen-bond acceptors (Lipinski definition) is 3. The third-order valence-electron chi connectivity index (χ3n) is 3.92. The first kappa shape index (κ1) is 13.8. The lowest BCUT2D eigenvalue weighted by molar-refractivity contribution is 0.0939. The quantitative estimate of drug-likeness (QED) is 0.894. The number of fused-ring (bicyclic) bond motifs is 1. The standard InChI is InChI=1S/C16H20N4O/c1-11-9-15(20(2)19-11)16(21)18-10-14-13-6-4-3-5-12(13)7-8-17-14/h3-6,9,14,17H,7-8,10H2,1-2H3,(H,18,21). The zero-order valence-corrected chi connectivity index (χ0v) is 12.4. The Kier molecular flexibility index (Phi) is 3.75. The fourth-order valence-electron chi connectivity index (χ4n) is 2.88. The molecule has 0 fully saturated rings. The highest BCUT2D eigenvalue weighted by atomic mass is 16.2. The number of rotatable bonds is 3. The second-order valence-corrected chi connectivity index (χ2v) is 5.46. The van der Waals surface area contributed by atoms with Crippen LogP contribution >= 0.6 is 0 Å². The first-order chi connectivity index (χ1) is 10.1. The third-order valence-corrected chi connectivity index (χ3v) is 3.92. The van der Waals surface area contributed by atoms with Gasteiger partial charge in [0, 0.05) is 19.6 Å². The van der Waals surface area contributed by atoms with Crippen molar-refractivity contribution < 1.29 is 4.79 Å². The highest BCUT2D eigenvalue weighted by Crippen LogP contribution is 2.21. The normalized spacial score (nSPS) is 17.3. The number of nitrogens with zero attached hydrogens (tertiary/aromatic N) is 2. The Morgan fingerprint density at radius 2 is 2.29 bits per heavy atom. The molecule has 5 nitrogen and oxygen atoms in total. The molecule has 0 saturated carbocycles. The summed E-state index contributed by atoms with van der Waals surface area (Å²) in [6.07, 6.45) is 1.04. The van der Waals surface area contributed by atoms with E-state index in [0.29, 0.717) is 12.2 Å². The SMILES string of the molecule is Cc1cc(C(=O)NCC2NCCc3ccccc32)n(C)n1.